The molecular formula is C29H30N2O5S. The molecule has 7 nitrogen and oxygen atoms in total. The molecule has 0 bridgehead atoms. The summed E-state index contributed by atoms with van der Waals surface area (Å²) >= 11 is 1.29. The van der Waals surface area contributed by atoms with Crippen molar-refractivity contribution < 1.29 is 19.0 Å². The topological polar surface area (TPSA) is 79.1 Å². The average Bonchev–Trinajstić information content (AvgIpc) is 3.17. The molecule has 0 saturated heterocycles. The molecule has 2 aromatic carbocycles. The van der Waals surface area contributed by atoms with Crippen LogP contribution < -0.4 is 24.4 Å². The summed E-state index contributed by atoms with van der Waals surface area (Å²) in [5, 5.41) is 0. The zero-order chi connectivity index (χ0) is 26.5. The number of benzene rings is 2. The molecule has 1 atom stereocenters. The molecule has 1 aliphatic heterocycles. The number of carbonyl (C=O) groups excluding carboxylic acids is 1. The second-order valence-corrected chi connectivity index (χ2v) is 9.72. The van der Waals surface area contributed by atoms with Gasteiger partial charge in [0.25, 0.3) is 5.56 Å². The summed E-state index contributed by atoms with van der Waals surface area (Å²) < 4.78 is 18.8. The first-order valence-corrected chi connectivity index (χ1v) is 12.9. The highest BCUT2D eigenvalue weighted by Crippen LogP contribution is 2.31. The monoisotopic (exact) mass is 518 g/mol. The van der Waals surface area contributed by atoms with E-state index in [0.29, 0.717) is 33.0 Å². The van der Waals surface area contributed by atoms with E-state index >= 15 is 0 Å². The van der Waals surface area contributed by atoms with E-state index in [-0.39, 0.29) is 18.3 Å². The molecule has 0 N–H and O–H groups in total. The number of nitrogens with zero attached hydrogens (tertiary/aromatic N) is 2. The van der Waals surface area contributed by atoms with Gasteiger partial charge >= 0.3 is 5.97 Å². The van der Waals surface area contributed by atoms with E-state index in [1.165, 1.54) is 11.3 Å². The van der Waals surface area contributed by atoms with Gasteiger partial charge in [-0.25, -0.2) is 9.79 Å². The zero-order valence-electron chi connectivity index (χ0n) is 21.4. The lowest BCUT2D eigenvalue weighted by Gasteiger charge is -2.25. The van der Waals surface area contributed by atoms with E-state index in [1.807, 2.05) is 68.5 Å². The lowest BCUT2D eigenvalue weighted by molar-refractivity contribution is -0.139. The molecule has 0 fully saturated rings. The Hall–Kier alpha value is -3.91. The number of allylic oxidation sites excluding steroid dienone is 1. The van der Waals surface area contributed by atoms with E-state index in [1.54, 1.807) is 24.5 Å². The van der Waals surface area contributed by atoms with E-state index < -0.39 is 12.0 Å². The Kier molecular flexibility index (Phi) is 8.08. The minimum Gasteiger partial charge on any atom is -0.491 e. The highest BCUT2D eigenvalue weighted by molar-refractivity contribution is 7.07. The highest BCUT2D eigenvalue weighted by atomic mass is 32.1. The van der Waals surface area contributed by atoms with Crippen LogP contribution in [0.2, 0.25) is 0 Å². The maximum Gasteiger partial charge on any atom is 0.338 e. The van der Waals surface area contributed by atoms with Gasteiger partial charge in [0.05, 0.1) is 34.6 Å². The smallest absolute Gasteiger partial charge is 0.338 e. The number of aromatic nitrogens is 1. The number of ether oxygens (including phenoxy) is 3. The predicted molar refractivity (Wildman–Crippen MR) is 145 cm³/mol. The van der Waals surface area contributed by atoms with E-state index in [0.717, 1.165) is 16.9 Å². The van der Waals surface area contributed by atoms with Crippen LogP contribution in [-0.4, -0.2) is 29.9 Å². The van der Waals surface area contributed by atoms with Crippen molar-refractivity contribution in [2.75, 3.05) is 13.2 Å². The van der Waals surface area contributed by atoms with Gasteiger partial charge in [-0.3, -0.25) is 9.36 Å². The van der Waals surface area contributed by atoms with Crippen LogP contribution in [0.3, 0.4) is 0 Å². The first kappa shape index (κ1) is 26.2. The fraction of sp³-hybridized carbons (Fsp3) is 0.276. The number of fused-ring (bicyclic) bond motifs is 1. The highest BCUT2D eigenvalue weighted by Gasteiger charge is 2.33. The van der Waals surface area contributed by atoms with Crippen LogP contribution in [0.15, 0.2) is 82.2 Å². The van der Waals surface area contributed by atoms with Crippen LogP contribution in [0.25, 0.3) is 6.08 Å². The molecule has 0 aliphatic carbocycles. The summed E-state index contributed by atoms with van der Waals surface area (Å²) in [5.41, 5.74) is 2.27. The molecule has 0 spiro atoms. The van der Waals surface area contributed by atoms with Gasteiger partial charge in [0.2, 0.25) is 0 Å². The van der Waals surface area contributed by atoms with Crippen molar-refractivity contribution in [3.63, 3.8) is 0 Å². The minimum absolute atomic E-state index is 0.0309. The molecule has 3 aromatic rings. The molecule has 0 amide bonds. The standard InChI is InChI=1S/C29H30N2O5S/c1-6-16-35-22-12-8-20(9-13-22)17-24-27(32)31-26(21-10-14-23(15-11-21)36-18(3)4)25(28(33)34-7-2)19(5)30-29(31)37-24/h6,8-15,17-18,26H,1,7,16H2,2-5H3/b24-17-/t26-/m0/s1. The minimum atomic E-state index is -0.666. The van der Waals surface area contributed by atoms with Gasteiger partial charge in [-0.15, -0.1) is 0 Å². The summed E-state index contributed by atoms with van der Waals surface area (Å²) in [5.74, 6) is 0.948. The zero-order valence-corrected chi connectivity index (χ0v) is 22.2. The molecule has 0 saturated carbocycles. The maximum absolute atomic E-state index is 13.7. The second-order valence-electron chi connectivity index (χ2n) is 8.71. The Labute approximate surface area is 219 Å². The Morgan fingerprint density at radius 1 is 1.14 bits per heavy atom. The third-order valence-corrected chi connectivity index (χ3v) is 6.61. The van der Waals surface area contributed by atoms with E-state index in [4.69, 9.17) is 14.2 Å². The van der Waals surface area contributed by atoms with Crippen LogP contribution in [-0.2, 0) is 9.53 Å². The summed E-state index contributed by atoms with van der Waals surface area (Å²) in [6.45, 7) is 11.7. The van der Waals surface area contributed by atoms with Crippen molar-refractivity contribution in [3.8, 4) is 11.5 Å². The van der Waals surface area contributed by atoms with Crippen molar-refractivity contribution in [1.29, 1.82) is 0 Å². The van der Waals surface area contributed by atoms with Crippen molar-refractivity contribution in [3.05, 3.63) is 103 Å². The van der Waals surface area contributed by atoms with Gasteiger partial charge in [0, 0.05) is 0 Å². The largest absolute Gasteiger partial charge is 0.491 e. The summed E-state index contributed by atoms with van der Waals surface area (Å²) in [6.07, 6.45) is 3.53. The van der Waals surface area contributed by atoms with Gasteiger partial charge in [0.1, 0.15) is 18.1 Å². The predicted octanol–water partition coefficient (Wildman–Crippen LogP) is 4.15. The average molecular weight is 519 g/mol. The van der Waals surface area contributed by atoms with Gasteiger partial charge in [-0.2, -0.15) is 0 Å². The maximum atomic E-state index is 13.7. The van der Waals surface area contributed by atoms with Gasteiger partial charge in [0.15, 0.2) is 4.80 Å². The number of carbonyl (C=O) groups is 1. The lowest BCUT2D eigenvalue weighted by Crippen LogP contribution is -2.39. The molecule has 0 radical (unpaired) electrons. The number of thiazole rings is 1. The molecule has 0 unspecified atom stereocenters. The van der Waals surface area contributed by atoms with Crippen molar-refractivity contribution in [1.82, 2.24) is 4.57 Å². The SMILES string of the molecule is C=CCOc1ccc(/C=c2\sc3n(c2=O)[C@@H](c2ccc(OC(C)C)cc2)C(C(=O)OCC)=C(C)N=3)cc1. The lowest BCUT2D eigenvalue weighted by atomic mass is 9.96. The number of hydrogen-bond acceptors (Lipinski definition) is 7. The normalized spacial score (nSPS) is 15.3. The second kappa shape index (κ2) is 11.4. The van der Waals surface area contributed by atoms with Crippen molar-refractivity contribution >= 4 is 23.4 Å². The Morgan fingerprint density at radius 3 is 2.43 bits per heavy atom. The molecule has 4 rings (SSSR count). The fourth-order valence-electron chi connectivity index (χ4n) is 4.07. The van der Waals surface area contributed by atoms with Crippen LogP contribution in [0, 0.1) is 0 Å². The van der Waals surface area contributed by atoms with Crippen LogP contribution in [0.4, 0.5) is 0 Å². The molecule has 37 heavy (non-hydrogen) atoms. The molecule has 1 aliphatic rings. The van der Waals surface area contributed by atoms with Crippen molar-refractivity contribution in [2.24, 2.45) is 4.99 Å². The number of esters is 1. The fourth-order valence-corrected chi connectivity index (χ4v) is 5.12. The van der Waals surface area contributed by atoms with E-state index in [9.17, 15) is 9.59 Å². The van der Waals surface area contributed by atoms with Crippen LogP contribution in [0.5, 0.6) is 11.5 Å². The number of hydrogen-bond donors (Lipinski definition) is 0. The van der Waals surface area contributed by atoms with Crippen molar-refractivity contribution in [2.45, 2.75) is 39.8 Å². The van der Waals surface area contributed by atoms with Gasteiger partial charge in [-0.1, -0.05) is 48.3 Å². The third-order valence-electron chi connectivity index (χ3n) is 5.63. The van der Waals surface area contributed by atoms with Crippen LogP contribution >= 0.6 is 11.3 Å². The Morgan fingerprint density at radius 2 is 1.81 bits per heavy atom. The molecule has 1 aromatic heterocycles. The molecule has 192 valence electrons. The Balaban J connectivity index is 1.81. The summed E-state index contributed by atoms with van der Waals surface area (Å²) in [4.78, 5) is 31.9. The molecule has 2 heterocycles. The summed E-state index contributed by atoms with van der Waals surface area (Å²) in [7, 11) is 0. The first-order valence-electron chi connectivity index (χ1n) is 12.1. The quantitative estimate of drug-likeness (QED) is 0.314. The third kappa shape index (κ3) is 5.75. The molecule has 8 heteroatoms. The summed E-state index contributed by atoms with van der Waals surface area (Å²) in [6, 6.07) is 14.2. The first-order chi connectivity index (χ1) is 17.8. The van der Waals surface area contributed by atoms with Gasteiger partial charge in [-0.05, 0) is 69.2 Å². The number of rotatable bonds is 9. The Bertz CT molecular complexity index is 1500. The van der Waals surface area contributed by atoms with Crippen LogP contribution in [0.1, 0.15) is 44.9 Å². The van der Waals surface area contributed by atoms with E-state index in [2.05, 4.69) is 11.6 Å². The molecular weight excluding hydrogens is 488 g/mol. The van der Waals surface area contributed by atoms with Gasteiger partial charge < -0.3 is 14.2 Å².